The molecule has 3 aliphatic carbocycles. The number of hydrogen-bond donors (Lipinski definition) is 1. The van der Waals surface area contributed by atoms with E-state index < -0.39 is 24.9 Å². The van der Waals surface area contributed by atoms with Crippen LogP contribution in [0, 0.1) is 17.3 Å². The Morgan fingerprint density at radius 2 is 1.97 bits per heavy atom. The van der Waals surface area contributed by atoms with Crippen LogP contribution < -0.4 is 5.32 Å². The highest BCUT2D eigenvalue weighted by molar-refractivity contribution is 6.48. The van der Waals surface area contributed by atoms with E-state index in [9.17, 15) is 9.59 Å². The van der Waals surface area contributed by atoms with Crippen LogP contribution in [-0.2, 0) is 18.8 Å². The van der Waals surface area contributed by atoms with Crippen molar-refractivity contribution in [2.24, 2.45) is 17.3 Å². The summed E-state index contributed by atoms with van der Waals surface area (Å²) in [7, 11) is -0.393. The van der Waals surface area contributed by atoms with Crippen LogP contribution >= 0.6 is 0 Å². The van der Waals surface area contributed by atoms with Crippen LogP contribution in [0.4, 0.5) is 4.79 Å². The molecule has 2 saturated heterocycles. The van der Waals surface area contributed by atoms with Crippen molar-refractivity contribution in [1.29, 1.82) is 0 Å². The normalized spacial score (nSPS) is 38.0. The number of alkyl carbamates (subject to hydrolysis) is 1. The average molecular weight is 420 g/mol. The lowest BCUT2D eigenvalue weighted by Crippen LogP contribution is -2.63. The maximum absolute atomic E-state index is 13.1. The summed E-state index contributed by atoms with van der Waals surface area (Å²) >= 11 is 0. The molecule has 0 radical (unpaired) electrons. The summed E-state index contributed by atoms with van der Waals surface area (Å²) in [5.41, 5.74) is -0.556. The second kappa shape index (κ2) is 7.12. The van der Waals surface area contributed by atoms with E-state index in [-0.39, 0.29) is 23.6 Å². The van der Waals surface area contributed by atoms with Crippen molar-refractivity contribution in [3.63, 3.8) is 0 Å². The zero-order valence-corrected chi connectivity index (χ0v) is 19.5. The van der Waals surface area contributed by atoms with Crippen LogP contribution in [0.3, 0.4) is 0 Å². The molecule has 2 heterocycles. The lowest BCUT2D eigenvalue weighted by atomic mass is 9.45. The van der Waals surface area contributed by atoms with Gasteiger partial charge in [0.05, 0.1) is 17.6 Å². The van der Waals surface area contributed by atoms with E-state index in [4.69, 9.17) is 14.0 Å². The highest BCUT2D eigenvalue weighted by atomic mass is 16.7. The number of carbonyl (C=O) groups is 2. The second-order valence-electron chi connectivity index (χ2n) is 11.5. The van der Waals surface area contributed by atoms with E-state index in [1.54, 1.807) is 27.7 Å². The van der Waals surface area contributed by atoms with Crippen molar-refractivity contribution >= 4 is 19.1 Å². The van der Waals surface area contributed by atoms with E-state index in [2.05, 4.69) is 26.1 Å². The number of ether oxygens (including phenoxy) is 1. The quantitative estimate of drug-likeness (QED) is 0.710. The van der Waals surface area contributed by atoms with E-state index in [1.807, 2.05) is 4.90 Å². The van der Waals surface area contributed by atoms with Crippen molar-refractivity contribution < 1.29 is 23.6 Å². The van der Waals surface area contributed by atoms with Gasteiger partial charge in [0.25, 0.3) is 0 Å². The van der Waals surface area contributed by atoms with E-state index in [1.165, 1.54) is 6.42 Å². The summed E-state index contributed by atoms with van der Waals surface area (Å²) in [5, 5.41) is 2.67. The van der Waals surface area contributed by atoms with Crippen molar-refractivity contribution in [2.75, 3.05) is 6.54 Å². The van der Waals surface area contributed by atoms with Crippen LogP contribution in [0.1, 0.15) is 74.1 Å². The third kappa shape index (κ3) is 3.64. The highest BCUT2D eigenvalue weighted by Crippen LogP contribution is 2.64. The van der Waals surface area contributed by atoms with Crippen LogP contribution in [-0.4, -0.2) is 59.9 Å². The monoisotopic (exact) mass is 420 g/mol. The van der Waals surface area contributed by atoms with E-state index in [0.717, 1.165) is 19.3 Å². The zero-order chi connectivity index (χ0) is 22.1. The smallest absolute Gasteiger partial charge is 0.444 e. The predicted octanol–water partition coefficient (Wildman–Crippen LogP) is 3.16. The number of amides is 2. The number of nitrogens with zero attached hydrogens (tertiary/aromatic N) is 1. The minimum absolute atomic E-state index is 0.0948. The van der Waals surface area contributed by atoms with Crippen LogP contribution in [0.25, 0.3) is 0 Å². The molecule has 0 spiro atoms. The lowest BCUT2D eigenvalue weighted by Gasteiger charge is -2.63. The molecule has 30 heavy (non-hydrogen) atoms. The standard InChI is InChI=1S/C22H37BN2O5/c1-13(24-19(27)28-20(2,3)4)18(26)25-10-8-9-16(25)23-29-17-15-11-14(21(15,5)6)12-22(17,7)30-23/h13-17H,8-12H2,1-7H3,(H,24,27)/t13-,14+,15-,16-,17+,22-/m0/s1. The van der Waals surface area contributed by atoms with Crippen molar-refractivity contribution in [3.8, 4) is 0 Å². The molecular formula is C22H37BN2O5. The Hall–Kier alpha value is -1.28. The molecule has 0 aromatic heterocycles. The van der Waals surface area contributed by atoms with Gasteiger partial charge in [0, 0.05) is 6.54 Å². The van der Waals surface area contributed by atoms with Crippen LogP contribution in [0.5, 0.6) is 0 Å². The first-order valence-corrected chi connectivity index (χ1v) is 11.4. The Labute approximate surface area is 180 Å². The van der Waals surface area contributed by atoms with Gasteiger partial charge in [-0.2, -0.15) is 0 Å². The minimum Gasteiger partial charge on any atom is -0.444 e. The highest BCUT2D eigenvalue weighted by Gasteiger charge is 2.67. The van der Waals surface area contributed by atoms with Gasteiger partial charge in [-0.1, -0.05) is 13.8 Å². The Kier molecular flexibility index (Phi) is 5.21. The Morgan fingerprint density at radius 3 is 2.60 bits per heavy atom. The van der Waals surface area contributed by atoms with Gasteiger partial charge in [0.1, 0.15) is 11.6 Å². The van der Waals surface area contributed by atoms with Crippen LogP contribution in [0.2, 0.25) is 0 Å². The fourth-order valence-electron chi connectivity index (χ4n) is 6.05. The SMILES string of the molecule is C[C@H](NC(=O)OC(C)(C)C)C(=O)N1CCC[C@H]1B1O[C@@H]2[C@@H]3C[C@H](C[C@]2(C)O1)C3(C)C. The predicted molar refractivity (Wildman–Crippen MR) is 114 cm³/mol. The molecule has 0 aromatic carbocycles. The molecule has 2 aliphatic heterocycles. The van der Waals surface area contributed by atoms with Gasteiger partial charge in [-0.25, -0.2) is 4.79 Å². The number of carbonyl (C=O) groups excluding carboxylic acids is 2. The first kappa shape index (κ1) is 21.9. The van der Waals surface area contributed by atoms with Gasteiger partial charge >= 0.3 is 13.2 Å². The molecule has 6 atom stereocenters. The minimum atomic E-state index is -0.661. The van der Waals surface area contributed by atoms with Gasteiger partial charge in [-0.3, -0.25) is 4.79 Å². The molecule has 1 N–H and O–H groups in total. The van der Waals surface area contributed by atoms with Crippen molar-refractivity contribution in [2.45, 2.75) is 103 Å². The summed E-state index contributed by atoms with van der Waals surface area (Å²) in [6.07, 6.45) is 3.53. The lowest BCUT2D eigenvalue weighted by molar-refractivity contribution is -0.185. The van der Waals surface area contributed by atoms with Gasteiger partial charge < -0.3 is 24.3 Å². The summed E-state index contributed by atoms with van der Waals surface area (Å²) in [6, 6.07) is -0.661. The first-order valence-electron chi connectivity index (χ1n) is 11.4. The molecule has 5 rings (SSSR count). The molecule has 5 aliphatic rings. The molecule has 2 bridgehead atoms. The molecule has 168 valence electrons. The number of hydrogen-bond acceptors (Lipinski definition) is 5. The number of rotatable bonds is 3. The fourth-order valence-corrected chi connectivity index (χ4v) is 6.05. The molecular weight excluding hydrogens is 383 g/mol. The van der Waals surface area contributed by atoms with Crippen LogP contribution in [0.15, 0.2) is 0 Å². The largest absolute Gasteiger partial charge is 0.481 e. The molecule has 5 fully saturated rings. The molecule has 3 saturated carbocycles. The molecule has 0 unspecified atom stereocenters. The van der Waals surface area contributed by atoms with Gasteiger partial charge in [-0.15, -0.1) is 0 Å². The Morgan fingerprint density at radius 1 is 1.27 bits per heavy atom. The zero-order valence-electron chi connectivity index (χ0n) is 19.5. The summed E-state index contributed by atoms with van der Waals surface area (Å²) in [6.45, 7) is 14.6. The van der Waals surface area contributed by atoms with Gasteiger partial charge in [0.15, 0.2) is 0 Å². The summed E-state index contributed by atoms with van der Waals surface area (Å²) < 4.78 is 18.3. The summed E-state index contributed by atoms with van der Waals surface area (Å²) in [4.78, 5) is 27.1. The summed E-state index contributed by atoms with van der Waals surface area (Å²) in [5.74, 6) is 0.985. The number of nitrogens with one attached hydrogen (secondary N) is 1. The van der Waals surface area contributed by atoms with E-state index >= 15 is 0 Å². The topological polar surface area (TPSA) is 77.1 Å². The van der Waals surface area contributed by atoms with Crippen molar-refractivity contribution in [3.05, 3.63) is 0 Å². The average Bonchev–Trinajstić information content (AvgIpc) is 3.22. The third-order valence-corrected chi connectivity index (χ3v) is 7.83. The third-order valence-electron chi connectivity index (χ3n) is 7.83. The van der Waals surface area contributed by atoms with Crippen molar-refractivity contribution in [1.82, 2.24) is 10.2 Å². The first-order chi connectivity index (χ1) is 13.8. The van der Waals surface area contributed by atoms with Gasteiger partial charge in [0.2, 0.25) is 5.91 Å². The maximum Gasteiger partial charge on any atom is 0.481 e. The molecule has 7 nitrogen and oxygen atoms in total. The molecule has 0 aromatic rings. The maximum atomic E-state index is 13.1. The fraction of sp³-hybridized carbons (Fsp3) is 0.909. The van der Waals surface area contributed by atoms with E-state index in [0.29, 0.717) is 23.8 Å². The molecule has 8 heteroatoms. The second-order valence-corrected chi connectivity index (χ2v) is 11.5. The number of likely N-dealkylation sites (tertiary alicyclic amines) is 1. The Balaban J connectivity index is 1.41. The van der Waals surface area contributed by atoms with Gasteiger partial charge in [-0.05, 0) is 77.6 Å². The Bertz CT molecular complexity index is 723. The molecule has 2 amide bonds.